The fourth-order valence-corrected chi connectivity index (χ4v) is 1.87. The number of benzene rings is 1. The summed E-state index contributed by atoms with van der Waals surface area (Å²) in [6.45, 7) is 6.33. The van der Waals surface area contributed by atoms with E-state index in [1.165, 1.54) is 5.56 Å². The molecule has 100 valence electrons. The Morgan fingerprint density at radius 1 is 1.21 bits per heavy atom. The van der Waals surface area contributed by atoms with Crippen molar-refractivity contribution in [1.29, 1.82) is 0 Å². The lowest BCUT2D eigenvalue weighted by molar-refractivity contribution is 0.454. The molecule has 0 amide bonds. The third-order valence-electron chi connectivity index (χ3n) is 2.88. The summed E-state index contributed by atoms with van der Waals surface area (Å²) in [6.07, 6.45) is 0. The molecule has 19 heavy (non-hydrogen) atoms. The quantitative estimate of drug-likeness (QED) is 0.649. The Hall–Kier alpha value is -2.07. The summed E-state index contributed by atoms with van der Waals surface area (Å²) in [5.41, 5.74) is 4.84. The average Bonchev–Trinajstić information content (AvgIpc) is 2.38. The van der Waals surface area contributed by atoms with Gasteiger partial charge in [-0.3, -0.25) is 0 Å². The first kappa shape index (κ1) is 13.4. The molecule has 0 fully saturated rings. The third kappa shape index (κ3) is 3.23. The van der Waals surface area contributed by atoms with Crippen LogP contribution < -0.4 is 16.0 Å². The van der Waals surface area contributed by atoms with Crippen LogP contribution in [0.5, 0.6) is 11.6 Å². The monoisotopic (exact) mass is 257 g/mol. The van der Waals surface area contributed by atoms with Gasteiger partial charge in [0.05, 0.1) is 0 Å². The second-order valence-corrected chi connectivity index (χ2v) is 4.80. The largest absolute Gasteiger partial charge is 0.439 e. The van der Waals surface area contributed by atoms with Crippen molar-refractivity contribution < 1.29 is 4.74 Å². The van der Waals surface area contributed by atoms with Crippen LogP contribution in [0.1, 0.15) is 30.9 Å². The van der Waals surface area contributed by atoms with E-state index in [1.807, 2.05) is 25.1 Å². The molecule has 2 aromatic rings. The molecule has 0 spiro atoms. The fourth-order valence-electron chi connectivity index (χ4n) is 1.87. The van der Waals surface area contributed by atoms with Gasteiger partial charge in [-0.25, -0.2) is 5.84 Å². The third-order valence-corrected chi connectivity index (χ3v) is 2.88. The molecular formula is C15H19N3O. The number of aromatic nitrogens is 1. The van der Waals surface area contributed by atoms with Gasteiger partial charge in [0.15, 0.2) is 0 Å². The van der Waals surface area contributed by atoms with Gasteiger partial charge < -0.3 is 10.2 Å². The fraction of sp³-hybridized carbons (Fsp3) is 0.267. The first-order valence-corrected chi connectivity index (χ1v) is 6.32. The van der Waals surface area contributed by atoms with Gasteiger partial charge in [-0.2, -0.15) is 4.98 Å². The molecule has 2 rings (SSSR count). The Labute approximate surface area is 113 Å². The van der Waals surface area contributed by atoms with Crippen molar-refractivity contribution in [3.8, 4) is 11.6 Å². The number of nitrogens with two attached hydrogens (primary N) is 1. The lowest BCUT2D eigenvalue weighted by Crippen LogP contribution is -2.08. The van der Waals surface area contributed by atoms with Crippen molar-refractivity contribution in [1.82, 2.24) is 4.98 Å². The van der Waals surface area contributed by atoms with E-state index in [4.69, 9.17) is 10.6 Å². The first-order chi connectivity index (χ1) is 9.10. The maximum Gasteiger partial charge on any atom is 0.221 e. The molecule has 0 aliphatic carbocycles. The molecule has 1 aromatic carbocycles. The van der Waals surface area contributed by atoms with Crippen molar-refractivity contribution in [3.05, 3.63) is 47.5 Å². The average molecular weight is 257 g/mol. The number of hydrogen-bond acceptors (Lipinski definition) is 4. The second kappa shape index (κ2) is 5.71. The molecule has 4 nitrogen and oxygen atoms in total. The minimum atomic E-state index is 0.395. The van der Waals surface area contributed by atoms with Gasteiger partial charge in [-0.15, -0.1) is 0 Å². The summed E-state index contributed by atoms with van der Waals surface area (Å²) in [4.78, 5) is 4.26. The molecule has 0 bridgehead atoms. The Morgan fingerprint density at radius 2 is 2.00 bits per heavy atom. The minimum absolute atomic E-state index is 0.395. The van der Waals surface area contributed by atoms with E-state index in [0.717, 1.165) is 11.3 Å². The van der Waals surface area contributed by atoms with Gasteiger partial charge in [0.1, 0.15) is 11.6 Å². The predicted molar refractivity (Wildman–Crippen MR) is 77.4 cm³/mol. The van der Waals surface area contributed by atoms with Crippen LogP contribution in [0.25, 0.3) is 0 Å². The number of hydrazine groups is 1. The Morgan fingerprint density at radius 3 is 2.68 bits per heavy atom. The molecule has 0 saturated heterocycles. The van der Waals surface area contributed by atoms with Crippen LogP contribution in [0.15, 0.2) is 36.4 Å². The highest BCUT2D eigenvalue weighted by atomic mass is 16.5. The normalized spacial score (nSPS) is 10.6. The van der Waals surface area contributed by atoms with E-state index >= 15 is 0 Å². The van der Waals surface area contributed by atoms with E-state index in [9.17, 15) is 0 Å². The zero-order valence-corrected chi connectivity index (χ0v) is 11.5. The van der Waals surface area contributed by atoms with Crippen LogP contribution in [0, 0.1) is 6.92 Å². The van der Waals surface area contributed by atoms with Crippen molar-refractivity contribution in [2.45, 2.75) is 26.7 Å². The Kier molecular flexibility index (Phi) is 4.02. The van der Waals surface area contributed by atoms with Crippen LogP contribution >= 0.6 is 0 Å². The topological polar surface area (TPSA) is 60.2 Å². The number of ether oxygens (including phenoxy) is 1. The summed E-state index contributed by atoms with van der Waals surface area (Å²) in [5.74, 6) is 7.70. The molecule has 4 heteroatoms. The van der Waals surface area contributed by atoms with Crippen molar-refractivity contribution in [3.63, 3.8) is 0 Å². The standard InChI is InChI=1S/C15H19N3O/c1-10(2)12-8-7-11(3)9-13(12)19-15-6-4-5-14(17-15)18-16/h4-10H,16H2,1-3H3,(H,17,18). The highest BCUT2D eigenvalue weighted by Crippen LogP contribution is 2.31. The Bertz CT molecular complexity index is 567. The summed E-state index contributed by atoms with van der Waals surface area (Å²) in [6, 6.07) is 11.7. The van der Waals surface area contributed by atoms with E-state index in [-0.39, 0.29) is 0 Å². The molecule has 3 N–H and O–H groups in total. The van der Waals surface area contributed by atoms with Crippen LogP contribution in [0.4, 0.5) is 5.82 Å². The van der Waals surface area contributed by atoms with Gasteiger partial charge >= 0.3 is 0 Å². The highest BCUT2D eigenvalue weighted by Gasteiger charge is 2.09. The maximum absolute atomic E-state index is 5.89. The van der Waals surface area contributed by atoms with Crippen LogP contribution in [-0.4, -0.2) is 4.98 Å². The van der Waals surface area contributed by atoms with Gasteiger partial charge in [-0.05, 0) is 36.1 Å². The molecule has 1 aromatic heterocycles. The summed E-state index contributed by atoms with van der Waals surface area (Å²) >= 11 is 0. The number of nitrogen functional groups attached to an aromatic ring is 1. The summed E-state index contributed by atoms with van der Waals surface area (Å²) in [7, 11) is 0. The number of nitrogens with zero attached hydrogens (tertiary/aromatic N) is 1. The molecule has 0 aliphatic rings. The maximum atomic E-state index is 5.89. The lowest BCUT2D eigenvalue weighted by atomic mass is 10.0. The van der Waals surface area contributed by atoms with Crippen molar-refractivity contribution >= 4 is 5.82 Å². The molecule has 0 radical (unpaired) electrons. The van der Waals surface area contributed by atoms with E-state index in [0.29, 0.717) is 17.6 Å². The zero-order chi connectivity index (χ0) is 13.8. The SMILES string of the molecule is Cc1ccc(C(C)C)c(Oc2cccc(NN)n2)c1. The first-order valence-electron chi connectivity index (χ1n) is 6.32. The molecule has 0 saturated carbocycles. The number of hydrogen-bond donors (Lipinski definition) is 2. The summed E-state index contributed by atoms with van der Waals surface area (Å²) in [5, 5.41) is 0. The van der Waals surface area contributed by atoms with Gasteiger partial charge in [0.2, 0.25) is 5.88 Å². The lowest BCUT2D eigenvalue weighted by Gasteiger charge is -2.14. The van der Waals surface area contributed by atoms with Crippen LogP contribution in [-0.2, 0) is 0 Å². The number of pyridine rings is 1. The van der Waals surface area contributed by atoms with Crippen molar-refractivity contribution in [2.24, 2.45) is 5.84 Å². The number of nitrogens with one attached hydrogen (secondary N) is 1. The predicted octanol–water partition coefficient (Wildman–Crippen LogP) is 3.59. The van der Waals surface area contributed by atoms with Crippen molar-refractivity contribution in [2.75, 3.05) is 5.43 Å². The van der Waals surface area contributed by atoms with E-state index < -0.39 is 0 Å². The van der Waals surface area contributed by atoms with E-state index in [1.54, 1.807) is 6.07 Å². The van der Waals surface area contributed by atoms with Gasteiger partial charge in [-0.1, -0.05) is 32.0 Å². The van der Waals surface area contributed by atoms with E-state index in [2.05, 4.69) is 36.4 Å². The highest BCUT2D eigenvalue weighted by molar-refractivity contribution is 5.42. The number of aryl methyl sites for hydroxylation is 1. The van der Waals surface area contributed by atoms with Crippen LogP contribution in [0.3, 0.4) is 0 Å². The zero-order valence-electron chi connectivity index (χ0n) is 11.5. The van der Waals surface area contributed by atoms with Gasteiger partial charge in [0.25, 0.3) is 0 Å². The van der Waals surface area contributed by atoms with Gasteiger partial charge in [0, 0.05) is 6.07 Å². The summed E-state index contributed by atoms with van der Waals surface area (Å²) < 4.78 is 5.89. The molecule has 0 atom stereocenters. The number of rotatable bonds is 4. The van der Waals surface area contributed by atoms with Crippen LogP contribution in [0.2, 0.25) is 0 Å². The molecule has 0 unspecified atom stereocenters. The minimum Gasteiger partial charge on any atom is -0.439 e. The smallest absolute Gasteiger partial charge is 0.221 e. The number of anilines is 1. The molecule has 0 aliphatic heterocycles. The molecule has 1 heterocycles. The molecular weight excluding hydrogens is 238 g/mol. The Balaban J connectivity index is 2.33. The second-order valence-electron chi connectivity index (χ2n) is 4.80.